The number of methoxy groups -OCH3 is 1. The molecule has 4 aliphatic heterocycles. The number of hydrogen-bond donors (Lipinski definition) is 1. The Balaban J connectivity index is 1.92. The van der Waals surface area contributed by atoms with Gasteiger partial charge in [-0.25, -0.2) is 0 Å². The Morgan fingerprint density at radius 1 is 1.32 bits per heavy atom. The van der Waals surface area contributed by atoms with E-state index in [-0.39, 0.29) is 18.5 Å². The zero-order chi connectivity index (χ0) is 22.2. The van der Waals surface area contributed by atoms with Gasteiger partial charge in [0.25, 0.3) is 0 Å². The number of anilines is 1. The Bertz CT molecular complexity index is 992. The lowest BCUT2D eigenvalue weighted by atomic mass is 9.45. The Kier molecular flexibility index (Phi) is 4.34. The molecule has 1 aromatic carbocycles. The van der Waals surface area contributed by atoms with Gasteiger partial charge in [-0.15, -0.1) is 0 Å². The van der Waals surface area contributed by atoms with E-state index in [1.165, 1.54) is 14.0 Å². The van der Waals surface area contributed by atoms with Crippen LogP contribution < -0.4 is 4.90 Å². The SMILES string of the molecule is CC=C1CN2CCC34c5ccccc5N(C)C23C(O)CC1C4(COC(C)=O)C(=O)OC. The molecule has 1 N–H and O–H groups in total. The van der Waals surface area contributed by atoms with Crippen molar-refractivity contribution in [1.82, 2.24) is 4.90 Å². The van der Waals surface area contributed by atoms with Crippen LogP contribution in [0, 0.1) is 11.3 Å². The number of para-hydroxylation sites is 1. The molecular formula is C24H30N2O5. The van der Waals surface area contributed by atoms with Crippen LogP contribution in [-0.2, 0) is 24.5 Å². The zero-order valence-electron chi connectivity index (χ0n) is 18.6. The largest absolute Gasteiger partial charge is 0.468 e. The lowest BCUT2D eigenvalue weighted by Crippen LogP contribution is -2.77. The van der Waals surface area contributed by atoms with Crippen LogP contribution in [0.1, 0.15) is 32.3 Å². The van der Waals surface area contributed by atoms with E-state index >= 15 is 0 Å². The molecule has 0 aromatic heterocycles. The van der Waals surface area contributed by atoms with Gasteiger partial charge < -0.3 is 19.5 Å². The van der Waals surface area contributed by atoms with Gasteiger partial charge in [-0.05, 0) is 31.4 Å². The van der Waals surface area contributed by atoms with Gasteiger partial charge in [0.2, 0.25) is 0 Å². The summed E-state index contributed by atoms with van der Waals surface area (Å²) in [6.07, 6.45) is 2.47. The summed E-state index contributed by atoms with van der Waals surface area (Å²) in [5, 5.41) is 11.8. The molecule has 4 heterocycles. The maximum atomic E-state index is 13.9. The molecule has 0 amide bonds. The smallest absolute Gasteiger partial charge is 0.316 e. The minimum atomic E-state index is -1.14. The van der Waals surface area contributed by atoms with Gasteiger partial charge in [-0.3, -0.25) is 14.5 Å². The lowest BCUT2D eigenvalue weighted by Gasteiger charge is -2.61. The number of carbonyl (C=O) groups excluding carboxylic acids is 2. The van der Waals surface area contributed by atoms with E-state index in [2.05, 4.69) is 28.0 Å². The molecule has 6 unspecified atom stereocenters. The number of rotatable bonds is 3. The average Bonchev–Trinajstić information content (AvgIpc) is 3.15. The van der Waals surface area contributed by atoms with E-state index in [0.717, 1.165) is 23.4 Å². The van der Waals surface area contributed by atoms with Crippen LogP contribution in [0.2, 0.25) is 0 Å². The minimum absolute atomic E-state index is 0.0680. The molecule has 6 rings (SSSR count). The molecular weight excluding hydrogens is 396 g/mol. The minimum Gasteiger partial charge on any atom is -0.468 e. The van der Waals surface area contributed by atoms with E-state index in [4.69, 9.17) is 9.47 Å². The monoisotopic (exact) mass is 426 g/mol. The second-order valence-corrected chi connectivity index (χ2v) is 9.29. The molecule has 4 fully saturated rings. The predicted octanol–water partition coefficient (Wildman–Crippen LogP) is 1.84. The molecule has 1 saturated carbocycles. The first kappa shape index (κ1) is 20.5. The highest BCUT2D eigenvalue weighted by atomic mass is 16.5. The number of nitrogens with zero attached hydrogens (tertiary/aromatic N) is 2. The van der Waals surface area contributed by atoms with Crippen molar-refractivity contribution in [3.05, 3.63) is 41.5 Å². The van der Waals surface area contributed by atoms with Gasteiger partial charge in [-0.1, -0.05) is 29.8 Å². The molecule has 5 aliphatic rings. The van der Waals surface area contributed by atoms with E-state index < -0.39 is 28.6 Å². The lowest BCUT2D eigenvalue weighted by molar-refractivity contribution is -0.192. The third-order valence-electron chi connectivity index (χ3n) is 8.63. The van der Waals surface area contributed by atoms with Crippen molar-refractivity contribution in [1.29, 1.82) is 0 Å². The van der Waals surface area contributed by atoms with Crippen LogP contribution in [0.3, 0.4) is 0 Å². The number of fused-ring (bicyclic) bond motifs is 3. The second kappa shape index (κ2) is 6.56. The molecule has 166 valence electrons. The fraction of sp³-hybridized carbons (Fsp3) is 0.583. The van der Waals surface area contributed by atoms with E-state index in [1.54, 1.807) is 0 Å². The Labute approximate surface area is 182 Å². The fourth-order valence-corrected chi connectivity index (χ4v) is 7.75. The van der Waals surface area contributed by atoms with Crippen molar-refractivity contribution in [3.8, 4) is 0 Å². The third kappa shape index (κ3) is 2.02. The molecule has 0 radical (unpaired) electrons. The van der Waals surface area contributed by atoms with Gasteiger partial charge >= 0.3 is 11.9 Å². The summed E-state index contributed by atoms with van der Waals surface area (Å²) in [6.45, 7) is 4.68. The van der Waals surface area contributed by atoms with Crippen molar-refractivity contribution >= 4 is 17.6 Å². The number of carbonyl (C=O) groups is 2. The van der Waals surface area contributed by atoms with E-state index in [0.29, 0.717) is 19.4 Å². The summed E-state index contributed by atoms with van der Waals surface area (Å²) in [4.78, 5) is 30.4. The quantitative estimate of drug-likeness (QED) is 0.584. The molecule has 7 nitrogen and oxygen atoms in total. The van der Waals surface area contributed by atoms with Crippen molar-refractivity contribution in [2.75, 3.05) is 38.8 Å². The van der Waals surface area contributed by atoms with Crippen LogP contribution in [0.25, 0.3) is 0 Å². The van der Waals surface area contributed by atoms with E-state index in [1.807, 2.05) is 26.1 Å². The number of likely N-dealkylation sites (N-methyl/N-ethyl adjacent to an activating group) is 1. The van der Waals surface area contributed by atoms with Gasteiger partial charge in [0, 0.05) is 38.7 Å². The molecule has 1 spiro atoms. The van der Waals surface area contributed by atoms with Crippen molar-refractivity contribution < 1.29 is 24.2 Å². The summed E-state index contributed by atoms with van der Waals surface area (Å²) in [6, 6.07) is 8.09. The standard InChI is InChI=1S/C24H30N2O5/c1-5-16-13-26-11-10-23-17-8-6-7-9-19(17)25(3)24(23,26)20(28)12-18(16)22(23,21(29)30-4)14-31-15(2)27/h5-9,18,20,28H,10-14H2,1-4H3. The first-order valence-corrected chi connectivity index (χ1v) is 11.0. The predicted molar refractivity (Wildman–Crippen MR) is 114 cm³/mol. The number of aliphatic hydroxyl groups excluding tert-OH is 1. The molecule has 31 heavy (non-hydrogen) atoms. The summed E-state index contributed by atoms with van der Waals surface area (Å²) in [5.41, 5.74) is 0.395. The number of benzene rings is 1. The maximum Gasteiger partial charge on any atom is 0.316 e. The zero-order valence-corrected chi connectivity index (χ0v) is 18.6. The van der Waals surface area contributed by atoms with Crippen LogP contribution >= 0.6 is 0 Å². The van der Waals surface area contributed by atoms with Crippen LogP contribution in [-0.4, -0.2) is 67.6 Å². The van der Waals surface area contributed by atoms with Crippen LogP contribution in [0.4, 0.5) is 5.69 Å². The highest BCUT2D eigenvalue weighted by molar-refractivity contribution is 5.86. The number of hydrogen-bond acceptors (Lipinski definition) is 7. The van der Waals surface area contributed by atoms with Gasteiger partial charge in [0.1, 0.15) is 17.7 Å². The van der Waals surface area contributed by atoms with Crippen molar-refractivity contribution in [3.63, 3.8) is 0 Å². The molecule has 3 saturated heterocycles. The van der Waals surface area contributed by atoms with E-state index in [9.17, 15) is 14.7 Å². The Morgan fingerprint density at radius 2 is 2.06 bits per heavy atom. The average molecular weight is 427 g/mol. The first-order chi connectivity index (χ1) is 14.8. The molecule has 1 aromatic rings. The van der Waals surface area contributed by atoms with Crippen LogP contribution in [0.5, 0.6) is 0 Å². The summed E-state index contributed by atoms with van der Waals surface area (Å²) in [5.74, 6) is -1.09. The first-order valence-electron chi connectivity index (χ1n) is 11.0. The topological polar surface area (TPSA) is 79.3 Å². The van der Waals surface area contributed by atoms with Crippen LogP contribution in [0.15, 0.2) is 35.9 Å². The molecule has 6 atom stereocenters. The van der Waals surface area contributed by atoms with Gasteiger partial charge in [0.05, 0.1) is 18.6 Å². The third-order valence-corrected chi connectivity index (χ3v) is 8.63. The highest BCUT2D eigenvalue weighted by Gasteiger charge is 2.84. The fourth-order valence-electron chi connectivity index (χ4n) is 7.75. The Morgan fingerprint density at radius 3 is 2.74 bits per heavy atom. The highest BCUT2D eigenvalue weighted by Crippen LogP contribution is 2.74. The Hall–Kier alpha value is -2.38. The normalized spacial score (nSPS) is 41.0. The number of allylic oxidation sites excluding steroid dienone is 1. The summed E-state index contributed by atoms with van der Waals surface area (Å²) >= 11 is 0. The number of esters is 2. The second-order valence-electron chi connectivity index (χ2n) is 9.29. The van der Waals surface area contributed by atoms with Crippen molar-refractivity contribution in [2.24, 2.45) is 11.3 Å². The molecule has 4 bridgehead atoms. The van der Waals surface area contributed by atoms with Gasteiger partial charge in [-0.2, -0.15) is 0 Å². The number of aliphatic hydroxyl groups is 1. The van der Waals surface area contributed by atoms with Gasteiger partial charge in [0.15, 0.2) is 0 Å². The summed E-state index contributed by atoms with van der Waals surface area (Å²) < 4.78 is 11.1. The summed E-state index contributed by atoms with van der Waals surface area (Å²) in [7, 11) is 3.42. The molecule has 7 heteroatoms. The van der Waals surface area contributed by atoms with Crippen molar-refractivity contribution in [2.45, 2.75) is 43.9 Å². The molecule has 1 aliphatic carbocycles. The maximum absolute atomic E-state index is 13.9. The number of ether oxygens (including phenoxy) is 2.